The van der Waals surface area contributed by atoms with Crippen LogP contribution in [0.5, 0.6) is 0 Å². The van der Waals surface area contributed by atoms with Crippen molar-refractivity contribution in [3.63, 3.8) is 0 Å². The second kappa shape index (κ2) is 9.43. The standard InChI is InChI=1S/C24H18Cl2N4O4S/c25-20-8-5-16(11-19(20)23-27-13-15-3-1-2-4-22(15)29-23)28-24(31)18-7-6-17(12-21(18)26)30-14-34-9-10-35(30,32)33/h1-8,11-13H,9-10,14H2,(H,28,31). The lowest BCUT2D eigenvalue weighted by Gasteiger charge is -2.28. The Morgan fingerprint density at radius 3 is 2.66 bits per heavy atom. The largest absolute Gasteiger partial charge is 0.359 e. The molecule has 1 aliphatic rings. The summed E-state index contributed by atoms with van der Waals surface area (Å²) in [4.78, 5) is 21.9. The maximum Gasteiger partial charge on any atom is 0.257 e. The molecule has 1 N–H and O–H groups in total. The number of hydrogen-bond donors (Lipinski definition) is 1. The molecule has 0 saturated carbocycles. The quantitative estimate of drug-likeness (QED) is 0.400. The Morgan fingerprint density at radius 1 is 1.03 bits per heavy atom. The highest BCUT2D eigenvalue weighted by molar-refractivity contribution is 7.92. The van der Waals surface area contributed by atoms with Gasteiger partial charge >= 0.3 is 0 Å². The van der Waals surface area contributed by atoms with E-state index in [1.165, 1.54) is 18.2 Å². The van der Waals surface area contributed by atoms with Gasteiger partial charge in [0.15, 0.2) is 5.82 Å². The zero-order valence-corrected chi connectivity index (χ0v) is 20.4. The van der Waals surface area contributed by atoms with E-state index in [9.17, 15) is 13.2 Å². The van der Waals surface area contributed by atoms with Crippen LogP contribution in [0.3, 0.4) is 0 Å². The number of aromatic nitrogens is 2. The molecule has 0 radical (unpaired) electrons. The molecule has 0 spiro atoms. The van der Waals surface area contributed by atoms with Gasteiger partial charge in [0.25, 0.3) is 5.91 Å². The Balaban J connectivity index is 1.40. The number of carbonyl (C=O) groups excluding carboxylic acids is 1. The molecule has 4 aromatic rings. The van der Waals surface area contributed by atoms with Gasteiger partial charge in [0.2, 0.25) is 10.0 Å². The van der Waals surface area contributed by atoms with E-state index in [0.29, 0.717) is 27.8 Å². The summed E-state index contributed by atoms with van der Waals surface area (Å²) in [7, 11) is -3.50. The Kier molecular flexibility index (Phi) is 6.33. The second-order valence-corrected chi connectivity index (χ2v) is 10.6. The lowest BCUT2D eigenvalue weighted by atomic mass is 10.1. The first-order valence-electron chi connectivity index (χ1n) is 10.5. The summed E-state index contributed by atoms with van der Waals surface area (Å²) in [6.07, 6.45) is 1.72. The maximum atomic E-state index is 12.9. The molecule has 8 nitrogen and oxygen atoms in total. The number of anilines is 2. The van der Waals surface area contributed by atoms with Gasteiger partial charge in [0.05, 0.1) is 39.2 Å². The van der Waals surface area contributed by atoms with Crippen molar-refractivity contribution in [1.29, 1.82) is 0 Å². The van der Waals surface area contributed by atoms with Gasteiger partial charge in [0, 0.05) is 22.8 Å². The number of nitrogens with zero attached hydrogens (tertiary/aromatic N) is 3. The zero-order valence-electron chi connectivity index (χ0n) is 18.1. The van der Waals surface area contributed by atoms with Crippen LogP contribution in [0, 0.1) is 0 Å². The van der Waals surface area contributed by atoms with E-state index < -0.39 is 15.9 Å². The van der Waals surface area contributed by atoms with Crippen LogP contribution in [0.25, 0.3) is 22.3 Å². The first-order chi connectivity index (χ1) is 16.8. The molecule has 35 heavy (non-hydrogen) atoms. The number of amides is 1. The molecule has 1 amide bonds. The molecule has 1 saturated heterocycles. The molecule has 1 fully saturated rings. The molecular weight excluding hydrogens is 511 g/mol. The molecule has 5 rings (SSSR count). The van der Waals surface area contributed by atoms with Crippen molar-refractivity contribution in [2.45, 2.75) is 0 Å². The summed E-state index contributed by atoms with van der Waals surface area (Å²) < 4.78 is 31.0. The van der Waals surface area contributed by atoms with Gasteiger partial charge in [-0.15, -0.1) is 0 Å². The van der Waals surface area contributed by atoms with Crippen LogP contribution in [-0.4, -0.2) is 43.4 Å². The fourth-order valence-corrected chi connectivity index (χ4v) is 5.34. The lowest BCUT2D eigenvalue weighted by Crippen LogP contribution is -2.41. The smallest absolute Gasteiger partial charge is 0.257 e. The van der Waals surface area contributed by atoms with E-state index in [-0.39, 0.29) is 29.7 Å². The van der Waals surface area contributed by atoms with Gasteiger partial charge in [-0.2, -0.15) is 0 Å². The lowest BCUT2D eigenvalue weighted by molar-refractivity contribution is 0.102. The number of sulfonamides is 1. The number of ether oxygens (including phenoxy) is 1. The van der Waals surface area contributed by atoms with Crippen molar-refractivity contribution in [3.8, 4) is 11.4 Å². The molecule has 2 heterocycles. The van der Waals surface area contributed by atoms with Crippen molar-refractivity contribution < 1.29 is 17.9 Å². The van der Waals surface area contributed by atoms with Crippen LogP contribution in [-0.2, 0) is 14.8 Å². The first kappa shape index (κ1) is 23.5. The van der Waals surface area contributed by atoms with Gasteiger partial charge in [0.1, 0.15) is 6.73 Å². The van der Waals surface area contributed by atoms with Gasteiger partial charge in [-0.25, -0.2) is 22.7 Å². The average molecular weight is 529 g/mol. The SMILES string of the molecule is O=C(Nc1ccc(Cl)c(-c2ncc3ccccc3n2)c1)c1ccc(N2COCCS2(=O)=O)cc1Cl. The van der Waals surface area contributed by atoms with Gasteiger partial charge in [-0.3, -0.25) is 4.79 Å². The van der Waals surface area contributed by atoms with Gasteiger partial charge in [-0.05, 0) is 42.5 Å². The number of fused-ring (bicyclic) bond motifs is 1. The van der Waals surface area contributed by atoms with Crippen molar-refractivity contribution >= 4 is 61.4 Å². The molecule has 178 valence electrons. The molecule has 3 aromatic carbocycles. The minimum Gasteiger partial charge on any atom is -0.359 e. The minimum absolute atomic E-state index is 0.103. The van der Waals surface area contributed by atoms with E-state index in [0.717, 1.165) is 15.2 Å². The summed E-state index contributed by atoms with van der Waals surface area (Å²) in [6.45, 7) is 0.0367. The van der Waals surface area contributed by atoms with E-state index in [1.807, 2.05) is 24.3 Å². The monoisotopic (exact) mass is 528 g/mol. The number of benzene rings is 3. The highest BCUT2D eigenvalue weighted by Crippen LogP contribution is 2.31. The molecule has 11 heteroatoms. The van der Waals surface area contributed by atoms with Crippen molar-refractivity contribution in [3.05, 3.63) is 82.5 Å². The van der Waals surface area contributed by atoms with Crippen molar-refractivity contribution in [2.75, 3.05) is 28.7 Å². The summed E-state index contributed by atoms with van der Waals surface area (Å²) in [5.41, 5.74) is 2.32. The molecule has 1 aliphatic heterocycles. The Hall–Kier alpha value is -3.24. The van der Waals surface area contributed by atoms with Crippen LogP contribution in [0.4, 0.5) is 11.4 Å². The number of rotatable bonds is 4. The summed E-state index contributed by atoms with van der Waals surface area (Å²) in [5, 5.41) is 4.24. The Bertz CT molecular complexity index is 1560. The third kappa shape index (κ3) is 4.81. The number of hydrogen-bond acceptors (Lipinski definition) is 6. The number of nitrogens with one attached hydrogen (secondary N) is 1. The van der Waals surface area contributed by atoms with Crippen LogP contribution < -0.4 is 9.62 Å². The van der Waals surface area contributed by atoms with Crippen LogP contribution >= 0.6 is 23.2 Å². The van der Waals surface area contributed by atoms with Gasteiger partial charge in [-0.1, -0.05) is 41.4 Å². The summed E-state index contributed by atoms with van der Waals surface area (Å²) in [6, 6.07) is 17.0. The second-order valence-electron chi connectivity index (χ2n) is 7.77. The molecule has 1 aromatic heterocycles. The normalized spacial score (nSPS) is 15.2. The Morgan fingerprint density at radius 2 is 1.86 bits per heavy atom. The zero-order chi connectivity index (χ0) is 24.6. The predicted octanol–water partition coefficient (Wildman–Crippen LogP) is 4.98. The van der Waals surface area contributed by atoms with E-state index in [4.69, 9.17) is 27.9 Å². The van der Waals surface area contributed by atoms with E-state index >= 15 is 0 Å². The van der Waals surface area contributed by atoms with Gasteiger partial charge < -0.3 is 10.1 Å². The minimum atomic E-state index is -3.50. The highest BCUT2D eigenvalue weighted by atomic mass is 35.5. The van der Waals surface area contributed by atoms with Crippen LogP contribution in [0.2, 0.25) is 10.0 Å². The molecule has 0 atom stereocenters. The topological polar surface area (TPSA) is 101 Å². The highest BCUT2D eigenvalue weighted by Gasteiger charge is 2.27. The number of halogens is 2. The third-order valence-electron chi connectivity index (χ3n) is 5.47. The summed E-state index contributed by atoms with van der Waals surface area (Å²) >= 11 is 12.7. The third-order valence-corrected chi connectivity index (χ3v) is 7.78. The average Bonchev–Trinajstić information content (AvgIpc) is 2.84. The van der Waals surface area contributed by atoms with Crippen molar-refractivity contribution in [2.24, 2.45) is 0 Å². The van der Waals surface area contributed by atoms with E-state index in [2.05, 4.69) is 15.3 Å². The van der Waals surface area contributed by atoms with Crippen LogP contribution in [0.15, 0.2) is 66.9 Å². The molecule has 0 aliphatic carbocycles. The predicted molar refractivity (Wildman–Crippen MR) is 136 cm³/mol. The number of para-hydroxylation sites is 1. The van der Waals surface area contributed by atoms with Crippen molar-refractivity contribution in [1.82, 2.24) is 9.97 Å². The molecule has 0 unspecified atom stereocenters. The Labute approximate surface area is 211 Å². The molecular formula is C24H18Cl2N4O4S. The first-order valence-corrected chi connectivity index (χ1v) is 12.9. The molecule has 0 bridgehead atoms. The summed E-state index contributed by atoms with van der Waals surface area (Å²) in [5.74, 6) is -0.156. The fourth-order valence-electron chi connectivity index (χ4n) is 3.66. The van der Waals surface area contributed by atoms with Crippen LogP contribution in [0.1, 0.15) is 10.4 Å². The maximum absolute atomic E-state index is 12.9. The number of carbonyl (C=O) groups is 1. The fraction of sp³-hybridized carbons (Fsp3) is 0.125. The van der Waals surface area contributed by atoms with E-state index in [1.54, 1.807) is 24.4 Å².